The summed E-state index contributed by atoms with van der Waals surface area (Å²) in [7, 11) is -4.09. The zero-order chi connectivity index (χ0) is 8.20. The molecule has 0 aliphatic heterocycles. The average molecular weight is 207 g/mol. The Kier molecular flexibility index (Phi) is 8.98. The third kappa shape index (κ3) is 11.2. The van der Waals surface area contributed by atoms with Crippen molar-refractivity contribution in [3.05, 3.63) is 0 Å². The molecule has 0 aromatic rings. The molecular formula is C4H10NNaO3S2. The first-order valence-corrected chi connectivity index (χ1v) is 4.96. The molecule has 0 aliphatic carbocycles. The summed E-state index contributed by atoms with van der Waals surface area (Å²) < 4.78 is 30.0. The van der Waals surface area contributed by atoms with Crippen molar-refractivity contribution in [3.63, 3.8) is 0 Å². The third-order valence-electron chi connectivity index (χ3n) is 0.973. The monoisotopic (exact) mass is 207 g/mol. The van der Waals surface area contributed by atoms with Gasteiger partial charge in [0.2, 0.25) is 0 Å². The molecule has 4 nitrogen and oxygen atoms in total. The van der Waals surface area contributed by atoms with Crippen LogP contribution in [0, 0.1) is 0 Å². The Hall–Kier alpha value is 1.22. The fourth-order valence-corrected chi connectivity index (χ4v) is 1.16. The normalized spacial score (nSPS) is 13.7. The quantitative estimate of drug-likeness (QED) is 0.281. The molecule has 0 bridgehead atoms. The number of thiol groups is 1. The van der Waals surface area contributed by atoms with E-state index in [9.17, 15) is 13.0 Å². The van der Waals surface area contributed by atoms with Crippen molar-refractivity contribution < 1.29 is 42.5 Å². The van der Waals surface area contributed by atoms with E-state index in [-0.39, 0.29) is 42.0 Å². The smallest absolute Gasteiger partial charge is 0.748 e. The van der Waals surface area contributed by atoms with Gasteiger partial charge in [-0.3, -0.25) is 0 Å². The molecule has 0 radical (unpaired) electrons. The summed E-state index contributed by atoms with van der Waals surface area (Å²) in [6, 6.07) is -0.299. The van der Waals surface area contributed by atoms with Crippen LogP contribution < -0.4 is 35.3 Å². The molecule has 11 heavy (non-hydrogen) atoms. The molecule has 2 N–H and O–H groups in total. The van der Waals surface area contributed by atoms with Crippen LogP contribution in [0.3, 0.4) is 0 Å². The number of nitrogens with two attached hydrogens (primary N) is 1. The fraction of sp³-hybridized carbons (Fsp3) is 1.00. The Balaban J connectivity index is 0. The first-order chi connectivity index (χ1) is 4.45. The standard InChI is InChI=1S/C4H11NO3S2.Na/c5-4(3-9)1-2-10(6,7)8;/h4,9H,1-3,5H2,(H,6,7,8);/q;+1/p-1/t4-;/m0./s1. The van der Waals surface area contributed by atoms with Crippen molar-refractivity contribution in [1.29, 1.82) is 0 Å². The topological polar surface area (TPSA) is 83.2 Å². The second kappa shape index (κ2) is 6.71. The second-order valence-electron chi connectivity index (χ2n) is 1.99. The molecule has 0 amide bonds. The van der Waals surface area contributed by atoms with Crippen molar-refractivity contribution in [2.75, 3.05) is 11.5 Å². The van der Waals surface area contributed by atoms with E-state index in [0.29, 0.717) is 5.75 Å². The van der Waals surface area contributed by atoms with E-state index in [0.717, 1.165) is 0 Å². The van der Waals surface area contributed by atoms with E-state index in [1.807, 2.05) is 0 Å². The van der Waals surface area contributed by atoms with Crippen molar-refractivity contribution in [1.82, 2.24) is 0 Å². The predicted molar refractivity (Wildman–Crippen MR) is 41.0 cm³/mol. The SMILES string of the molecule is N[C@H](CS)CCS(=O)(=O)[O-].[Na+]. The van der Waals surface area contributed by atoms with Gasteiger partial charge in [0.1, 0.15) is 0 Å². The molecule has 0 heterocycles. The van der Waals surface area contributed by atoms with Crippen LogP contribution in [0.1, 0.15) is 6.42 Å². The Bertz CT molecular complexity index is 182. The summed E-state index contributed by atoms with van der Waals surface area (Å²) in [5.41, 5.74) is 5.30. The fourth-order valence-electron chi connectivity index (χ4n) is 0.387. The zero-order valence-corrected chi connectivity index (χ0v) is 10.1. The van der Waals surface area contributed by atoms with Crippen LogP contribution in [0.15, 0.2) is 0 Å². The van der Waals surface area contributed by atoms with E-state index in [1.165, 1.54) is 0 Å². The van der Waals surface area contributed by atoms with E-state index >= 15 is 0 Å². The Morgan fingerprint density at radius 1 is 1.55 bits per heavy atom. The minimum atomic E-state index is -4.09. The van der Waals surface area contributed by atoms with Crippen molar-refractivity contribution in [2.45, 2.75) is 12.5 Å². The van der Waals surface area contributed by atoms with Crippen molar-refractivity contribution in [2.24, 2.45) is 5.73 Å². The van der Waals surface area contributed by atoms with Crippen molar-refractivity contribution >= 4 is 22.7 Å². The van der Waals surface area contributed by atoms with Gasteiger partial charge in [-0.2, -0.15) is 12.6 Å². The minimum absolute atomic E-state index is 0. The van der Waals surface area contributed by atoms with E-state index in [2.05, 4.69) is 12.6 Å². The van der Waals surface area contributed by atoms with Crippen LogP contribution in [0.2, 0.25) is 0 Å². The van der Waals surface area contributed by atoms with Crippen molar-refractivity contribution in [3.8, 4) is 0 Å². The summed E-state index contributed by atoms with van der Waals surface area (Å²) in [6.07, 6.45) is 0.190. The van der Waals surface area contributed by atoms with Gasteiger partial charge >= 0.3 is 29.6 Å². The molecule has 7 heteroatoms. The predicted octanol–water partition coefficient (Wildman–Crippen LogP) is -3.82. The van der Waals surface area contributed by atoms with Crippen LogP contribution in [-0.4, -0.2) is 30.5 Å². The first kappa shape index (κ1) is 14.7. The molecular weight excluding hydrogens is 197 g/mol. The van der Waals surface area contributed by atoms with Gasteiger partial charge in [0.15, 0.2) is 0 Å². The molecule has 0 unspecified atom stereocenters. The molecule has 0 spiro atoms. The Labute approximate surface area is 94.4 Å². The van der Waals surface area contributed by atoms with Crippen LogP contribution in [-0.2, 0) is 10.1 Å². The molecule has 62 valence electrons. The maximum atomic E-state index is 10.0. The largest absolute Gasteiger partial charge is 1.00 e. The van der Waals surface area contributed by atoms with Gasteiger partial charge in [-0.05, 0) is 6.42 Å². The third-order valence-corrected chi connectivity index (χ3v) is 2.18. The molecule has 0 saturated carbocycles. The Morgan fingerprint density at radius 2 is 2.00 bits per heavy atom. The Morgan fingerprint density at radius 3 is 2.27 bits per heavy atom. The number of rotatable bonds is 4. The van der Waals surface area contributed by atoms with Gasteiger partial charge in [-0.25, -0.2) is 8.42 Å². The molecule has 1 atom stereocenters. The number of hydrogen-bond donors (Lipinski definition) is 2. The molecule has 0 aromatic heterocycles. The summed E-state index contributed by atoms with van der Waals surface area (Å²) in [6.45, 7) is 0. The zero-order valence-electron chi connectivity index (χ0n) is 6.36. The molecule has 0 fully saturated rings. The first-order valence-electron chi connectivity index (χ1n) is 2.75. The maximum absolute atomic E-state index is 10.0. The van der Waals surface area contributed by atoms with Gasteiger partial charge in [-0.15, -0.1) is 0 Å². The van der Waals surface area contributed by atoms with Gasteiger partial charge in [0, 0.05) is 17.5 Å². The maximum Gasteiger partial charge on any atom is 1.00 e. The van der Waals surface area contributed by atoms with Crippen LogP contribution >= 0.6 is 12.6 Å². The summed E-state index contributed by atoms with van der Waals surface area (Å²) in [4.78, 5) is 0. The summed E-state index contributed by atoms with van der Waals surface area (Å²) in [5.74, 6) is 0.00421. The van der Waals surface area contributed by atoms with Crippen LogP contribution in [0.4, 0.5) is 0 Å². The van der Waals surface area contributed by atoms with E-state index in [1.54, 1.807) is 0 Å². The van der Waals surface area contributed by atoms with Gasteiger partial charge in [-0.1, -0.05) is 0 Å². The molecule has 0 aromatic carbocycles. The molecule has 0 saturated heterocycles. The summed E-state index contributed by atoms with van der Waals surface area (Å²) in [5, 5.41) is 0. The molecule has 0 rings (SSSR count). The van der Waals surface area contributed by atoms with Crippen LogP contribution in [0.5, 0.6) is 0 Å². The van der Waals surface area contributed by atoms with Crippen LogP contribution in [0.25, 0.3) is 0 Å². The van der Waals surface area contributed by atoms with Gasteiger partial charge < -0.3 is 10.3 Å². The van der Waals surface area contributed by atoms with E-state index < -0.39 is 15.9 Å². The second-order valence-corrected chi connectivity index (χ2v) is 3.88. The van der Waals surface area contributed by atoms with Gasteiger partial charge in [0.05, 0.1) is 10.1 Å². The molecule has 0 aliphatic rings. The van der Waals surface area contributed by atoms with Gasteiger partial charge in [0.25, 0.3) is 0 Å². The number of hydrogen-bond acceptors (Lipinski definition) is 5. The summed E-state index contributed by atoms with van der Waals surface area (Å²) >= 11 is 3.82. The van der Waals surface area contributed by atoms with E-state index in [4.69, 9.17) is 5.73 Å². The average Bonchev–Trinajstić information content (AvgIpc) is 1.81. The minimum Gasteiger partial charge on any atom is -0.748 e.